The molecule has 3 aromatic carbocycles. The molecule has 9 nitrogen and oxygen atoms in total. The van der Waals surface area contributed by atoms with Crippen molar-refractivity contribution in [2.75, 3.05) is 26.3 Å². The summed E-state index contributed by atoms with van der Waals surface area (Å²) >= 11 is 0. The standard InChI is InChI=1S/C31H37N5O4/c32-29(33)24-6-8-25(9-7-24)30(37)35-20-22-2-10-27(11-3-22)39-18-1-19-40-28-12-4-23(5-13-28)21-36-31(38)26-14-16-34-17-15-26/h2-13,26,34H,1,14-21H2,(H3,32,33)(H,35,37)(H,36,38). The number of amides is 2. The Hall–Kier alpha value is -4.37. The Kier molecular flexibility index (Phi) is 10.5. The van der Waals surface area contributed by atoms with Crippen molar-refractivity contribution in [3.8, 4) is 11.5 Å². The van der Waals surface area contributed by atoms with Crippen LogP contribution in [0.25, 0.3) is 0 Å². The highest BCUT2D eigenvalue weighted by Crippen LogP contribution is 2.16. The molecule has 1 fully saturated rings. The van der Waals surface area contributed by atoms with Gasteiger partial charge in [-0.2, -0.15) is 0 Å². The number of hydrogen-bond acceptors (Lipinski definition) is 6. The van der Waals surface area contributed by atoms with Crippen molar-refractivity contribution >= 4 is 17.6 Å². The first-order valence-corrected chi connectivity index (χ1v) is 13.6. The summed E-state index contributed by atoms with van der Waals surface area (Å²) in [6.07, 6.45) is 2.53. The summed E-state index contributed by atoms with van der Waals surface area (Å²) < 4.78 is 11.6. The van der Waals surface area contributed by atoms with Crippen LogP contribution in [0.2, 0.25) is 0 Å². The predicted molar refractivity (Wildman–Crippen MR) is 155 cm³/mol. The maximum Gasteiger partial charge on any atom is 0.251 e. The lowest BCUT2D eigenvalue weighted by Gasteiger charge is -2.21. The number of nitrogen functional groups attached to an aromatic ring is 1. The summed E-state index contributed by atoms with van der Waals surface area (Å²) in [6, 6.07) is 22.0. The van der Waals surface area contributed by atoms with Gasteiger partial charge in [-0.05, 0) is 73.5 Å². The number of carbonyl (C=O) groups excluding carboxylic acids is 2. The molecular weight excluding hydrogens is 506 g/mol. The van der Waals surface area contributed by atoms with E-state index < -0.39 is 0 Å². The molecule has 1 aliphatic heterocycles. The van der Waals surface area contributed by atoms with Crippen LogP contribution >= 0.6 is 0 Å². The number of nitrogens with one attached hydrogen (secondary N) is 4. The minimum atomic E-state index is -0.190. The van der Waals surface area contributed by atoms with Gasteiger partial charge in [-0.25, -0.2) is 0 Å². The molecule has 0 saturated carbocycles. The average Bonchev–Trinajstić information content (AvgIpc) is 3.00. The van der Waals surface area contributed by atoms with Gasteiger partial charge in [0.1, 0.15) is 17.3 Å². The van der Waals surface area contributed by atoms with Crippen LogP contribution in [0, 0.1) is 11.3 Å². The minimum Gasteiger partial charge on any atom is -0.493 e. The van der Waals surface area contributed by atoms with E-state index in [2.05, 4.69) is 16.0 Å². The molecule has 40 heavy (non-hydrogen) atoms. The van der Waals surface area contributed by atoms with Crippen molar-refractivity contribution in [1.29, 1.82) is 5.41 Å². The van der Waals surface area contributed by atoms with E-state index in [9.17, 15) is 9.59 Å². The zero-order chi connectivity index (χ0) is 28.2. The van der Waals surface area contributed by atoms with Gasteiger partial charge >= 0.3 is 0 Å². The average molecular weight is 544 g/mol. The van der Waals surface area contributed by atoms with Crippen molar-refractivity contribution in [1.82, 2.24) is 16.0 Å². The zero-order valence-corrected chi connectivity index (χ0v) is 22.6. The number of amidine groups is 1. The van der Waals surface area contributed by atoms with Gasteiger partial charge in [0, 0.05) is 36.6 Å². The first-order valence-electron chi connectivity index (χ1n) is 13.6. The molecule has 3 aromatic rings. The predicted octanol–water partition coefficient (Wildman–Crippen LogP) is 3.36. The number of carbonyl (C=O) groups is 2. The lowest BCUT2D eigenvalue weighted by Crippen LogP contribution is -2.37. The Morgan fingerprint density at radius 2 is 1.27 bits per heavy atom. The van der Waals surface area contributed by atoms with Gasteiger partial charge in [0.25, 0.3) is 5.91 Å². The zero-order valence-electron chi connectivity index (χ0n) is 22.6. The molecule has 0 bridgehead atoms. The number of benzene rings is 3. The molecule has 9 heteroatoms. The maximum absolute atomic E-state index is 12.3. The van der Waals surface area contributed by atoms with Crippen molar-refractivity contribution in [3.63, 3.8) is 0 Å². The Labute approximate surface area is 235 Å². The fraction of sp³-hybridized carbons (Fsp3) is 0.323. The van der Waals surface area contributed by atoms with Gasteiger partial charge in [-0.3, -0.25) is 15.0 Å². The molecule has 0 aliphatic carbocycles. The molecule has 0 unspecified atom stereocenters. The summed E-state index contributed by atoms with van der Waals surface area (Å²) in [5.74, 6) is 1.57. The van der Waals surface area contributed by atoms with E-state index in [1.165, 1.54) is 0 Å². The van der Waals surface area contributed by atoms with E-state index in [0.29, 0.717) is 37.4 Å². The van der Waals surface area contributed by atoms with Crippen molar-refractivity contribution in [3.05, 3.63) is 95.1 Å². The maximum atomic E-state index is 12.3. The van der Waals surface area contributed by atoms with Crippen LogP contribution in [0.1, 0.15) is 46.3 Å². The van der Waals surface area contributed by atoms with Crippen molar-refractivity contribution in [2.24, 2.45) is 11.7 Å². The SMILES string of the molecule is N=C(N)c1ccc(C(=O)NCc2ccc(OCCCOc3ccc(CNC(=O)C4CCNCC4)cc3)cc2)cc1. The highest BCUT2D eigenvalue weighted by atomic mass is 16.5. The van der Waals surface area contributed by atoms with Crippen molar-refractivity contribution in [2.45, 2.75) is 32.4 Å². The van der Waals surface area contributed by atoms with Crippen LogP contribution < -0.4 is 31.2 Å². The molecule has 2 amide bonds. The number of rotatable bonds is 13. The third-order valence-electron chi connectivity index (χ3n) is 6.76. The van der Waals surface area contributed by atoms with E-state index in [4.69, 9.17) is 20.6 Å². The Balaban J connectivity index is 1.09. The second-order valence-corrected chi connectivity index (χ2v) is 9.75. The van der Waals surface area contributed by atoms with Gasteiger partial charge < -0.3 is 31.2 Å². The number of hydrogen-bond donors (Lipinski definition) is 5. The van der Waals surface area contributed by atoms with Crippen LogP contribution in [0.5, 0.6) is 11.5 Å². The number of nitrogens with two attached hydrogens (primary N) is 1. The normalized spacial score (nSPS) is 13.3. The first-order chi connectivity index (χ1) is 19.5. The third-order valence-corrected chi connectivity index (χ3v) is 6.76. The summed E-state index contributed by atoms with van der Waals surface area (Å²) in [4.78, 5) is 24.6. The van der Waals surface area contributed by atoms with Crippen LogP contribution in [-0.4, -0.2) is 44.0 Å². The van der Waals surface area contributed by atoms with Crippen LogP contribution in [0.3, 0.4) is 0 Å². The van der Waals surface area contributed by atoms with Gasteiger partial charge in [0.05, 0.1) is 13.2 Å². The summed E-state index contributed by atoms with van der Waals surface area (Å²) in [6.45, 7) is 3.79. The first kappa shape index (κ1) is 28.6. The lowest BCUT2D eigenvalue weighted by atomic mass is 9.97. The van der Waals surface area contributed by atoms with Crippen LogP contribution in [-0.2, 0) is 17.9 Å². The van der Waals surface area contributed by atoms with Crippen LogP contribution in [0.15, 0.2) is 72.8 Å². The van der Waals surface area contributed by atoms with Gasteiger partial charge in [0.15, 0.2) is 0 Å². The second-order valence-electron chi connectivity index (χ2n) is 9.75. The second kappa shape index (κ2) is 14.7. The molecule has 1 aliphatic rings. The Bertz CT molecular complexity index is 1250. The quantitative estimate of drug-likeness (QED) is 0.127. The summed E-state index contributed by atoms with van der Waals surface area (Å²) in [5, 5.41) is 16.6. The van der Waals surface area contributed by atoms with Crippen LogP contribution in [0.4, 0.5) is 0 Å². The highest BCUT2D eigenvalue weighted by Gasteiger charge is 2.20. The lowest BCUT2D eigenvalue weighted by molar-refractivity contribution is -0.125. The molecule has 0 spiro atoms. The number of ether oxygens (including phenoxy) is 2. The van der Waals surface area contributed by atoms with Gasteiger partial charge in [-0.1, -0.05) is 36.4 Å². The van der Waals surface area contributed by atoms with E-state index in [1.807, 2.05) is 48.5 Å². The van der Waals surface area contributed by atoms with E-state index in [1.54, 1.807) is 24.3 Å². The molecule has 1 saturated heterocycles. The minimum absolute atomic E-state index is 0.0290. The molecule has 210 valence electrons. The Morgan fingerprint density at radius 1 is 0.775 bits per heavy atom. The van der Waals surface area contributed by atoms with Gasteiger partial charge in [-0.15, -0.1) is 0 Å². The monoisotopic (exact) mass is 543 g/mol. The van der Waals surface area contributed by atoms with Crippen molar-refractivity contribution < 1.29 is 19.1 Å². The number of piperidine rings is 1. The third kappa shape index (κ3) is 8.84. The van der Waals surface area contributed by atoms with E-state index >= 15 is 0 Å². The molecular formula is C31H37N5O4. The molecule has 1 heterocycles. The molecule has 6 N–H and O–H groups in total. The summed E-state index contributed by atoms with van der Waals surface area (Å²) in [5.41, 5.74) is 8.55. The molecule has 0 atom stereocenters. The van der Waals surface area contributed by atoms with E-state index in [-0.39, 0.29) is 23.6 Å². The fourth-order valence-corrected chi connectivity index (χ4v) is 4.35. The van der Waals surface area contributed by atoms with Gasteiger partial charge in [0.2, 0.25) is 5.91 Å². The Morgan fingerprint density at radius 3 is 1.80 bits per heavy atom. The smallest absolute Gasteiger partial charge is 0.251 e. The topological polar surface area (TPSA) is 139 Å². The molecule has 4 rings (SSSR count). The summed E-state index contributed by atoms with van der Waals surface area (Å²) in [7, 11) is 0. The molecule has 0 aromatic heterocycles. The highest BCUT2D eigenvalue weighted by molar-refractivity contribution is 5.98. The van der Waals surface area contributed by atoms with E-state index in [0.717, 1.165) is 55.0 Å². The fourth-order valence-electron chi connectivity index (χ4n) is 4.35. The molecule has 0 radical (unpaired) electrons. The largest absolute Gasteiger partial charge is 0.493 e.